The monoisotopic (exact) mass is 418 g/mol. The molecule has 2 heterocycles. The molecule has 4 rings (SSSR count). The second-order valence-corrected chi connectivity index (χ2v) is 7.73. The Labute approximate surface area is 178 Å². The van der Waals surface area contributed by atoms with Crippen molar-refractivity contribution in [2.24, 2.45) is 0 Å². The second-order valence-electron chi connectivity index (χ2n) is 6.85. The molecule has 0 radical (unpaired) electrons. The Balaban J connectivity index is 1.73. The number of rotatable bonds is 6. The molecule has 152 valence electrons. The molecule has 0 aliphatic rings. The Hall–Kier alpha value is -3.32. The zero-order valence-electron chi connectivity index (χ0n) is 16.8. The van der Waals surface area contributed by atoms with Gasteiger partial charge in [0.2, 0.25) is 5.91 Å². The van der Waals surface area contributed by atoms with Crippen molar-refractivity contribution in [3.8, 4) is 5.69 Å². The molecule has 0 atom stereocenters. The number of aryl methyl sites for hydroxylation is 1. The third-order valence-corrected chi connectivity index (χ3v) is 5.66. The summed E-state index contributed by atoms with van der Waals surface area (Å²) in [5, 5.41) is 3.40. The molecule has 0 saturated heterocycles. The van der Waals surface area contributed by atoms with Gasteiger partial charge in [0.1, 0.15) is 6.54 Å². The Bertz CT molecular complexity index is 1260. The number of hydrogen-bond acceptors (Lipinski definition) is 4. The maximum absolute atomic E-state index is 13.1. The van der Waals surface area contributed by atoms with Crippen LogP contribution in [0.3, 0.4) is 0 Å². The van der Waals surface area contributed by atoms with E-state index in [0.29, 0.717) is 16.7 Å². The zero-order chi connectivity index (χ0) is 21.1. The molecule has 0 aliphatic carbocycles. The van der Waals surface area contributed by atoms with E-state index in [9.17, 15) is 9.59 Å². The Kier molecular flexibility index (Phi) is 5.72. The van der Waals surface area contributed by atoms with E-state index in [1.807, 2.05) is 54.8 Å². The van der Waals surface area contributed by atoms with Crippen molar-refractivity contribution in [1.82, 2.24) is 14.3 Å². The number of anilines is 1. The molecule has 6 nitrogen and oxygen atoms in total. The van der Waals surface area contributed by atoms with Crippen LogP contribution < -0.4 is 10.9 Å². The molecule has 2 aromatic carbocycles. The van der Waals surface area contributed by atoms with Crippen molar-refractivity contribution in [2.45, 2.75) is 24.8 Å². The lowest BCUT2D eigenvalue weighted by molar-refractivity contribution is -0.116. The molecule has 0 spiro atoms. The van der Waals surface area contributed by atoms with Gasteiger partial charge in [-0.1, -0.05) is 25.1 Å². The number of thioether (sulfide) groups is 1. The van der Waals surface area contributed by atoms with Crippen LogP contribution in [0.2, 0.25) is 0 Å². The lowest BCUT2D eigenvalue weighted by atomic mass is 10.1. The van der Waals surface area contributed by atoms with E-state index < -0.39 is 0 Å². The maximum atomic E-state index is 13.1. The molecule has 4 aromatic rings. The van der Waals surface area contributed by atoms with E-state index in [2.05, 4.69) is 17.2 Å². The number of carbonyl (C=O) groups is 1. The average molecular weight is 419 g/mol. The van der Waals surface area contributed by atoms with Gasteiger partial charge in [-0.05, 0) is 60.7 Å². The van der Waals surface area contributed by atoms with Crippen LogP contribution in [0.1, 0.15) is 12.5 Å². The fourth-order valence-electron chi connectivity index (χ4n) is 3.40. The zero-order valence-corrected chi connectivity index (χ0v) is 17.6. The van der Waals surface area contributed by atoms with Crippen LogP contribution in [0.25, 0.3) is 16.7 Å². The number of carbonyl (C=O) groups excluding carboxylic acids is 1. The Morgan fingerprint density at radius 2 is 1.90 bits per heavy atom. The van der Waals surface area contributed by atoms with Gasteiger partial charge < -0.3 is 5.32 Å². The number of fused-ring (bicyclic) bond motifs is 1. The molecule has 1 amide bonds. The lowest BCUT2D eigenvalue weighted by Gasteiger charge is -2.13. The van der Waals surface area contributed by atoms with Gasteiger partial charge in [0.05, 0.1) is 11.1 Å². The van der Waals surface area contributed by atoms with E-state index >= 15 is 0 Å². The smallest absolute Gasteiger partial charge is 0.280 e. The minimum atomic E-state index is -0.227. The second kappa shape index (κ2) is 8.59. The van der Waals surface area contributed by atoms with Crippen LogP contribution in [0.5, 0.6) is 0 Å². The number of benzene rings is 2. The average Bonchev–Trinajstić information content (AvgIpc) is 3.05. The molecule has 0 bridgehead atoms. The predicted octanol–water partition coefficient (Wildman–Crippen LogP) is 4.11. The van der Waals surface area contributed by atoms with E-state index in [0.717, 1.165) is 17.0 Å². The minimum absolute atomic E-state index is 0.0330. The van der Waals surface area contributed by atoms with Crippen molar-refractivity contribution in [1.29, 1.82) is 0 Å². The first-order valence-corrected chi connectivity index (χ1v) is 10.9. The standard InChI is InChI=1S/C23H22N4O2S/c1-3-16-9-11-18(12-10-16)27-23(29)20-8-5-13-24-22(20)26(27)15-21(28)25-17-6-4-7-19(14-17)30-2/h4-14H,3,15H2,1-2H3,(H,25,28). The fraction of sp³-hybridized carbons (Fsp3) is 0.174. The quantitative estimate of drug-likeness (QED) is 0.479. The summed E-state index contributed by atoms with van der Waals surface area (Å²) in [6.07, 6.45) is 4.53. The lowest BCUT2D eigenvalue weighted by Crippen LogP contribution is -2.27. The van der Waals surface area contributed by atoms with E-state index in [4.69, 9.17) is 0 Å². The van der Waals surface area contributed by atoms with Gasteiger partial charge >= 0.3 is 0 Å². The summed E-state index contributed by atoms with van der Waals surface area (Å²) in [5.41, 5.74) is 2.89. The predicted molar refractivity (Wildman–Crippen MR) is 122 cm³/mol. The van der Waals surface area contributed by atoms with E-state index in [-0.39, 0.29) is 18.0 Å². The van der Waals surface area contributed by atoms with Crippen LogP contribution in [0.4, 0.5) is 5.69 Å². The molecule has 7 heteroatoms. The van der Waals surface area contributed by atoms with Gasteiger partial charge in [-0.25, -0.2) is 9.67 Å². The highest BCUT2D eigenvalue weighted by molar-refractivity contribution is 7.98. The van der Waals surface area contributed by atoms with Crippen molar-refractivity contribution >= 4 is 34.4 Å². The van der Waals surface area contributed by atoms with Crippen LogP contribution in [0.15, 0.2) is 76.6 Å². The number of amides is 1. The van der Waals surface area contributed by atoms with Crippen molar-refractivity contribution in [2.75, 3.05) is 11.6 Å². The van der Waals surface area contributed by atoms with Crippen LogP contribution in [-0.2, 0) is 17.8 Å². The van der Waals surface area contributed by atoms with Gasteiger partial charge in [0.15, 0.2) is 5.65 Å². The number of pyridine rings is 1. The van der Waals surface area contributed by atoms with Crippen molar-refractivity contribution < 1.29 is 4.79 Å². The highest BCUT2D eigenvalue weighted by atomic mass is 32.2. The third-order valence-electron chi connectivity index (χ3n) is 4.93. The van der Waals surface area contributed by atoms with Gasteiger partial charge in [0.25, 0.3) is 5.56 Å². The summed E-state index contributed by atoms with van der Waals surface area (Å²) < 4.78 is 3.15. The topological polar surface area (TPSA) is 68.9 Å². The summed E-state index contributed by atoms with van der Waals surface area (Å²) in [4.78, 5) is 31.4. The van der Waals surface area contributed by atoms with Crippen LogP contribution in [0, 0.1) is 0 Å². The van der Waals surface area contributed by atoms with Gasteiger partial charge in [-0.3, -0.25) is 14.3 Å². The first-order chi connectivity index (χ1) is 14.6. The number of hydrogen-bond donors (Lipinski definition) is 1. The van der Waals surface area contributed by atoms with Crippen LogP contribution in [-0.4, -0.2) is 26.5 Å². The third kappa shape index (κ3) is 3.89. The number of nitrogens with zero attached hydrogens (tertiary/aromatic N) is 3. The number of nitrogens with one attached hydrogen (secondary N) is 1. The SMILES string of the molecule is CCc1ccc(-n2c(=O)c3cccnc3n2CC(=O)Nc2cccc(SC)c2)cc1. The summed E-state index contributed by atoms with van der Waals surface area (Å²) in [6, 6.07) is 18.9. The van der Waals surface area contributed by atoms with Crippen LogP contribution >= 0.6 is 11.8 Å². The normalized spacial score (nSPS) is 11.0. The van der Waals surface area contributed by atoms with Gasteiger partial charge in [-0.15, -0.1) is 11.8 Å². The van der Waals surface area contributed by atoms with Gasteiger partial charge in [0, 0.05) is 16.8 Å². The van der Waals surface area contributed by atoms with Crippen molar-refractivity contribution in [3.05, 3.63) is 82.8 Å². The highest BCUT2D eigenvalue weighted by Gasteiger charge is 2.18. The molecular formula is C23H22N4O2S. The summed E-state index contributed by atoms with van der Waals surface area (Å²) in [5.74, 6) is -0.227. The molecule has 0 saturated carbocycles. The summed E-state index contributed by atoms with van der Waals surface area (Å²) in [6.45, 7) is 2.05. The molecule has 0 aliphatic heterocycles. The maximum Gasteiger partial charge on any atom is 0.280 e. The highest BCUT2D eigenvalue weighted by Crippen LogP contribution is 2.19. The summed E-state index contributed by atoms with van der Waals surface area (Å²) >= 11 is 1.61. The molecule has 30 heavy (non-hydrogen) atoms. The van der Waals surface area contributed by atoms with E-state index in [1.54, 1.807) is 34.8 Å². The van der Waals surface area contributed by atoms with Crippen molar-refractivity contribution in [3.63, 3.8) is 0 Å². The first-order valence-electron chi connectivity index (χ1n) is 9.70. The fourth-order valence-corrected chi connectivity index (χ4v) is 3.86. The van der Waals surface area contributed by atoms with E-state index in [1.165, 1.54) is 10.2 Å². The largest absolute Gasteiger partial charge is 0.324 e. The Morgan fingerprint density at radius 1 is 1.10 bits per heavy atom. The molecule has 0 fully saturated rings. The number of aromatic nitrogens is 3. The molecule has 1 N–H and O–H groups in total. The molecule has 0 unspecified atom stereocenters. The minimum Gasteiger partial charge on any atom is -0.324 e. The van der Waals surface area contributed by atoms with Gasteiger partial charge in [-0.2, -0.15) is 0 Å². The molecule has 2 aromatic heterocycles. The Morgan fingerprint density at radius 3 is 2.63 bits per heavy atom. The molecular weight excluding hydrogens is 396 g/mol. The summed E-state index contributed by atoms with van der Waals surface area (Å²) in [7, 11) is 0. The first kappa shape index (κ1) is 20.0.